The van der Waals surface area contributed by atoms with Gasteiger partial charge in [-0.2, -0.15) is 0 Å². The van der Waals surface area contributed by atoms with Gasteiger partial charge in [0.1, 0.15) is 0 Å². The number of rotatable bonds is 6. The average Bonchev–Trinajstić information content (AvgIpc) is 2.41. The number of nitrogens with zero attached hydrogens (tertiary/aromatic N) is 2. The fourth-order valence-electron chi connectivity index (χ4n) is 3.00. The molecule has 116 valence electrons. The molecule has 1 aliphatic rings. The molecule has 0 aliphatic carbocycles. The van der Waals surface area contributed by atoms with Gasteiger partial charge in [-0.3, -0.25) is 4.90 Å². The van der Waals surface area contributed by atoms with Crippen LogP contribution >= 0.6 is 0 Å². The molecule has 20 heavy (non-hydrogen) atoms. The first kappa shape index (κ1) is 17.3. The molecule has 0 radical (unpaired) electrons. The van der Waals surface area contributed by atoms with Crippen molar-refractivity contribution in [2.45, 2.75) is 60.4 Å². The molecular formula is C18H34N2. The highest BCUT2D eigenvalue weighted by Gasteiger charge is 2.22. The van der Waals surface area contributed by atoms with Gasteiger partial charge in [0.05, 0.1) is 0 Å². The van der Waals surface area contributed by atoms with E-state index in [0.29, 0.717) is 5.92 Å². The Morgan fingerprint density at radius 1 is 1.00 bits per heavy atom. The van der Waals surface area contributed by atoms with Crippen LogP contribution in [0.1, 0.15) is 54.4 Å². The molecule has 1 aliphatic heterocycles. The third kappa shape index (κ3) is 4.97. The van der Waals surface area contributed by atoms with E-state index in [1.807, 2.05) is 0 Å². The largest absolute Gasteiger partial charge is 0.369 e. The summed E-state index contributed by atoms with van der Waals surface area (Å²) >= 11 is 0. The van der Waals surface area contributed by atoms with Crippen LogP contribution in [0.15, 0.2) is 23.4 Å². The molecule has 0 aromatic heterocycles. The third-order valence-electron chi connectivity index (χ3n) is 4.27. The number of allylic oxidation sites excluding steroid dienone is 3. The number of hydrogen-bond donors (Lipinski definition) is 0. The summed E-state index contributed by atoms with van der Waals surface area (Å²) < 4.78 is 0. The standard InChI is InChI=1S/C18H34N2/c1-7-17(8-2)19-11-13-20(14-12-19)18(16(5)6)10-9-15(3)4/h9-10,15,17H,7-8,11-14H2,1-6H3/b10-9-. The van der Waals surface area contributed by atoms with E-state index >= 15 is 0 Å². The first-order chi connectivity index (χ1) is 9.49. The van der Waals surface area contributed by atoms with Crippen LogP contribution in [0.5, 0.6) is 0 Å². The van der Waals surface area contributed by atoms with Crippen LogP contribution in [0.2, 0.25) is 0 Å². The van der Waals surface area contributed by atoms with Gasteiger partial charge in [-0.15, -0.1) is 0 Å². The summed E-state index contributed by atoms with van der Waals surface area (Å²) in [6.45, 7) is 18.3. The molecule has 0 spiro atoms. The van der Waals surface area contributed by atoms with Crippen molar-refractivity contribution in [3.05, 3.63) is 23.4 Å². The minimum Gasteiger partial charge on any atom is -0.369 e. The maximum absolute atomic E-state index is 2.67. The van der Waals surface area contributed by atoms with E-state index < -0.39 is 0 Å². The van der Waals surface area contributed by atoms with E-state index in [1.54, 1.807) is 0 Å². The summed E-state index contributed by atoms with van der Waals surface area (Å²) in [6, 6.07) is 0.776. The highest BCUT2D eigenvalue weighted by Crippen LogP contribution is 2.18. The summed E-state index contributed by atoms with van der Waals surface area (Å²) in [5.74, 6) is 0.621. The maximum Gasteiger partial charge on any atom is 0.0350 e. The number of piperazine rings is 1. The minimum atomic E-state index is 0.621. The second-order valence-corrected chi connectivity index (χ2v) is 6.48. The maximum atomic E-state index is 2.67. The van der Waals surface area contributed by atoms with Gasteiger partial charge >= 0.3 is 0 Å². The van der Waals surface area contributed by atoms with E-state index in [-0.39, 0.29) is 0 Å². The molecule has 1 heterocycles. The Bertz CT molecular complexity index is 325. The molecule has 2 nitrogen and oxygen atoms in total. The molecule has 0 atom stereocenters. The van der Waals surface area contributed by atoms with Crippen molar-refractivity contribution in [3.63, 3.8) is 0 Å². The zero-order chi connectivity index (χ0) is 15.1. The van der Waals surface area contributed by atoms with Gasteiger partial charge < -0.3 is 4.90 Å². The van der Waals surface area contributed by atoms with Gasteiger partial charge in [0.2, 0.25) is 0 Å². The van der Waals surface area contributed by atoms with Crippen LogP contribution in [0.4, 0.5) is 0 Å². The molecule has 0 aromatic carbocycles. The van der Waals surface area contributed by atoms with Crippen molar-refractivity contribution < 1.29 is 0 Å². The van der Waals surface area contributed by atoms with Crippen molar-refractivity contribution in [1.82, 2.24) is 9.80 Å². The van der Waals surface area contributed by atoms with Crippen molar-refractivity contribution in [3.8, 4) is 0 Å². The van der Waals surface area contributed by atoms with Gasteiger partial charge in [0.15, 0.2) is 0 Å². The van der Waals surface area contributed by atoms with Crippen LogP contribution in [-0.2, 0) is 0 Å². The zero-order valence-corrected chi connectivity index (χ0v) is 14.4. The van der Waals surface area contributed by atoms with E-state index in [4.69, 9.17) is 0 Å². The average molecular weight is 278 g/mol. The smallest absolute Gasteiger partial charge is 0.0350 e. The van der Waals surface area contributed by atoms with Crippen molar-refractivity contribution in [2.24, 2.45) is 5.92 Å². The molecule has 0 unspecified atom stereocenters. The highest BCUT2D eigenvalue weighted by molar-refractivity contribution is 5.23. The predicted molar refractivity (Wildman–Crippen MR) is 89.9 cm³/mol. The summed E-state index contributed by atoms with van der Waals surface area (Å²) in [6.07, 6.45) is 7.20. The Balaban J connectivity index is 2.65. The predicted octanol–water partition coefficient (Wildman–Crippen LogP) is 4.30. The Labute approximate surface area is 126 Å². The lowest BCUT2D eigenvalue weighted by molar-refractivity contribution is 0.112. The van der Waals surface area contributed by atoms with E-state index in [0.717, 1.165) is 6.04 Å². The summed E-state index contributed by atoms with van der Waals surface area (Å²) in [7, 11) is 0. The van der Waals surface area contributed by atoms with E-state index in [1.165, 1.54) is 50.3 Å². The van der Waals surface area contributed by atoms with Crippen molar-refractivity contribution in [1.29, 1.82) is 0 Å². The van der Waals surface area contributed by atoms with Crippen LogP contribution in [0.25, 0.3) is 0 Å². The SMILES string of the molecule is CCC(CC)N1CCN(C(/C=C\C(C)C)=C(C)C)CC1. The van der Waals surface area contributed by atoms with Gasteiger partial charge in [-0.25, -0.2) is 0 Å². The molecule has 0 N–H and O–H groups in total. The third-order valence-corrected chi connectivity index (χ3v) is 4.27. The fraction of sp³-hybridized carbons (Fsp3) is 0.778. The Hall–Kier alpha value is -0.760. The lowest BCUT2D eigenvalue weighted by Gasteiger charge is -2.40. The monoisotopic (exact) mass is 278 g/mol. The Morgan fingerprint density at radius 2 is 1.55 bits per heavy atom. The summed E-state index contributed by atoms with van der Waals surface area (Å²) in [5.41, 5.74) is 2.86. The fourth-order valence-corrected chi connectivity index (χ4v) is 3.00. The van der Waals surface area contributed by atoms with Crippen LogP contribution in [0.3, 0.4) is 0 Å². The zero-order valence-electron chi connectivity index (χ0n) is 14.4. The van der Waals surface area contributed by atoms with Gasteiger partial charge in [-0.1, -0.05) is 39.3 Å². The van der Waals surface area contributed by atoms with Crippen LogP contribution in [0, 0.1) is 5.92 Å². The second kappa shape index (κ2) is 8.51. The highest BCUT2D eigenvalue weighted by atomic mass is 15.3. The molecule has 2 heteroatoms. The first-order valence-electron chi connectivity index (χ1n) is 8.34. The molecule has 1 saturated heterocycles. The molecule has 0 bridgehead atoms. The lowest BCUT2D eigenvalue weighted by Crippen LogP contribution is -2.49. The quantitative estimate of drug-likeness (QED) is 0.668. The van der Waals surface area contributed by atoms with E-state index in [2.05, 4.69) is 63.5 Å². The normalized spacial score (nSPS) is 17.5. The van der Waals surface area contributed by atoms with Crippen LogP contribution < -0.4 is 0 Å². The van der Waals surface area contributed by atoms with E-state index in [9.17, 15) is 0 Å². The minimum absolute atomic E-state index is 0.621. The summed E-state index contributed by atoms with van der Waals surface area (Å²) in [4.78, 5) is 5.23. The lowest BCUT2D eigenvalue weighted by atomic mass is 10.1. The molecule has 0 saturated carbocycles. The topological polar surface area (TPSA) is 6.48 Å². The Morgan fingerprint density at radius 3 is 1.95 bits per heavy atom. The van der Waals surface area contributed by atoms with Crippen LogP contribution in [-0.4, -0.2) is 42.0 Å². The molecular weight excluding hydrogens is 244 g/mol. The molecule has 0 aromatic rings. The van der Waals surface area contributed by atoms with Crippen molar-refractivity contribution >= 4 is 0 Å². The summed E-state index contributed by atoms with van der Waals surface area (Å²) in [5, 5.41) is 0. The number of hydrogen-bond acceptors (Lipinski definition) is 2. The van der Waals surface area contributed by atoms with Gasteiger partial charge in [0.25, 0.3) is 0 Å². The van der Waals surface area contributed by atoms with Crippen molar-refractivity contribution in [2.75, 3.05) is 26.2 Å². The molecule has 0 amide bonds. The van der Waals surface area contributed by atoms with Gasteiger partial charge in [-0.05, 0) is 38.7 Å². The second-order valence-electron chi connectivity index (χ2n) is 6.48. The Kier molecular flexibility index (Phi) is 7.36. The first-order valence-corrected chi connectivity index (χ1v) is 8.34. The molecule has 1 fully saturated rings. The van der Waals surface area contributed by atoms with Gasteiger partial charge in [0, 0.05) is 37.9 Å². The molecule has 1 rings (SSSR count).